The molecule has 0 atom stereocenters. The Hall–Kier alpha value is -1.53. The third kappa shape index (κ3) is 2.49. The molecular weight excluding hydrogens is 276 g/mol. The van der Waals surface area contributed by atoms with Gasteiger partial charge in [-0.15, -0.1) is 11.6 Å². The average Bonchev–Trinajstić information content (AvgIpc) is 2.71. The maximum absolute atomic E-state index is 12.0. The number of hydrogen-bond donors (Lipinski definition) is 1. The van der Waals surface area contributed by atoms with Crippen molar-refractivity contribution in [3.8, 4) is 0 Å². The van der Waals surface area contributed by atoms with Crippen molar-refractivity contribution in [2.45, 2.75) is 17.7 Å². The van der Waals surface area contributed by atoms with E-state index in [0.717, 1.165) is 0 Å². The second-order valence-corrected chi connectivity index (χ2v) is 5.59. The molecule has 7 heteroatoms. The van der Waals surface area contributed by atoms with E-state index in [1.54, 1.807) is 25.1 Å². The van der Waals surface area contributed by atoms with Crippen LogP contribution in [0.15, 0.2) is 39.8 Å². The van der Waals surface area contributed by atoms with Crippen LogP contribution < -0.4 is 4.72 Å². The minimum Gasteiger partial charge on any atom is -0.337 e. The third-order valence-corrected chi connectivity index (χ3v) is 4.03. The molecule has 2 aromatic rings. The molecule has 0 amide bonds. The monoisotopic (exact) mass is 286 g/mol. The van der Waals surface area contributed by atoms with Gasteiger partial charge in [-0.25, -0.2) is 13.1 Å². The molecule has 2 rings (SSSR count). The molecule has 1 heterocycles. The fourth-order valence-electron chi connectivity index (χ4n) is 1.37. The van der Waals surface area contributed by atoms with Crippen LogP contribution in [0.2, 0.25) is 0 Å². The minimum absolute atomic E-state index is 0.0921. The molecule has 0 aliphatic carbocycles. The quantitative estimate of drug-likeness (QED) is 0.877. The molecule has 1 N–H and O–H groups in total. The highest BCUT2D eigenvalue weighted by Gasteiger charge is 2.19. The SMILES string of the molecule is Cc1c(CCl)noc1NS(=O)(=O)c1ccccc1. The molecule has 0 radical (unpaired) electrons. The molecule has 0 spiro atoms. The van der Waals surface area contributed by atoms with Gasteiger partial charge in [-0.3, -0.25) is 0 Å². The number of benzene rings is 1. The van der Waals surface area contributed by atoms with Gasteiger partial charge in [0.05, 0.1) is 10.8 Å². The van der Waals surface area contributed by atoms with Crippen molar-refractivity contribution in [3.05, 3.63) is 41.6 Å². The van der Waals surface area contributed by atoms with E-state index in [0.29, 0.717) is 11.3 Å². The number of rotatable bonds is 4. The number of alkyl halides is 1. The second kappa shape index (κ2) is 4.99. The van der Waals surface area contributed by atoms with Gasteiger partial charge >= 0.3 is 0 Å². The fraction of sp³-hybridized carbons (Fsp3) is 0.182. The van der Waals surface area contributed by atoms with E-state index >= 15 is 0 Å². The van der Waals surface area contributed by atoms with Crippen molar-refractivity contribution in [2.75, 3.05) is 4.72 Å². The lowest BCUT2D eigenvalue weighted by molar-refractivity contribution is 0.429. The number of nitrogens with zero attached hydrogens (tertiary/aromatic N) is 1. The van der Waals surface area contributed by atoms with Crippen molar-refractivity contribution < 1.29 is 12.9 Å². The first-order valence-electron chi connectivity index (χ1n) is 5.13. The van der Waals surface area contributed by atoms with Gasteiger partial charge < -0.3 is 4.52 Å². The predicted octanol–water partition coefficient (Wildman–Crippen LogP) is 2.52. The summed E-state index contributed by atoms with van der Waals surface area (Å²) in [5.41, 5.74) is 1.10. The zero-order chi connectivity index (χ0) is 13.2. The van der Waals surface area contributed by atoms with E-state index in [9.17, 15) is 8.42 Å². The lowest BCUT2D eigenvalue weighted by Crippen LogP contribution is -2.12. The van der Waals surface area contributed by atoms with Crippen molar-refractivity contribution in [1.29, 1.82) is 0 Å². The Morgan fingerprint density at radius 2 is 2.00 bits per heavy atom. The first-order valence-corrected chi connectivity index (χ1v) is 7.15. The summed E-state index contributed by atoms with van der Waals surface area (Å²) in [6, 6.07) is 8.02. The number of aromatic nitrogens is 1. The van der Waals surface area contributed by atoms with Gasteiger partial charge in [0.25, 0.3) is 10.0 Å². The highest BCUT2D eigenvalue weighted by molar-refractivity contribution is 7.92. The van der Waals surface area contributed by atoms with Crippen LogP contribution in [0.25, 0.3) is 0 Å². The van der Waals surface area contributed by atoms with Crippen LogP contribution in [-0.4, -0.2) is 13.6 Å². The van der Waals surface area contributed by atoms with E-state index in [2.05, 4.69) is 9.88 Å². The molecule has 1 aromatic carbocycles. The molecule has 96 valence electrons. The molecular formula is C11H11ClN2O3S. The standard InChI is InChI=1S/C11H11ClN2O3S/c1-8-10(7-12)13-17-11(8)14-18(15,16)9-5-3-2-4-6-9/h2-6,14H,7H2,1H3. The smallest absolute Gasteiger partial charge is 0.264 e. The Balaban J connectivity index is 2.31. The van der Waals surface area contributed by atoms with E-state index in [1.165, 1.54) is 12.1 Å². The molecule has 0 aliphatic heterocycles. The summed E-state index contributed by atoms with van der Waals surface area (Å²) >= 11 is 5.63. The van der Waals surface area contributed by atoms with Gasteiger partial charge in [-0.05, 0) is 19.1 Å². The number of sulfonamides is 1. The molecule has 1 aromatic heterocycles. The summed E-state index contributed by atoms with van der Waals surface area (Å²) in [5, 5.41) is 3.68. The van der Waals surface area contributed by atoms with Crippen molar-refractivity contribution >= 4 is 27.5 Å². The Morgan fingerprint density at radius 1 is 1.33 bits per heavy atom. The summed E-state index contributed by atoms with van der Waals surface area (Å²) < 4.78 is 31.3. The van der Waals surface area contributed by atoms with Crippen LogP contribution in [-0.2, 0) is 15.9 Å². The van der Waals surface area contributed by atoms with Gasteiger partial charge in [-0.1, -0.05) is 23.4 Å². The zero-order valence-electron chi connectivity index (χ0n) is 9.55. The number of anilines is 1. The minimum atomic E-state index is -3.66. The molecule has 0 unspecified atom stereocenters. The largest absolute Gasteiger partial charge is 0.337 e. The number of hydrogen-bond acceptors (Lipinski definition) is 4. The topological polar surface area (TPSA) is 72.2 Å². The van der Waals surface area contributed by atoms with Crippen LogP contribution in [0, 0.1) is 6.92 Å². The van der Waals surface area contributed by atoms with Gasteiger partial charge in [0, 0.05) is 5.56 Å². The summed E-state index contributed by atoms with van der Waals surface area (Å²) in [6.45, 7) is 1.69. The van der Waals surface area contributed by atoms with Gasteiger partial charge in [0.1, 0.15) is 5.69 Å². The third-order valence-electron chi connectivity index (χ3n) is 2.43. The molecule has 0 fully saturated rings. The molecule has 0 bridgehead atoms. The fourth-order valence-corrected chi connectivity index (χ4v) is 2.69. The van der Waals surface area contributed by atoms with Crippen molar-refractivity contribution in [3.63, 3.8) is 0 Å². The Kier molecular flexibility index (Phi) is 3.58. The normalized spacial score (nSPS) is 11.4. The van der Waals surface area contributed by atoms with Gasteiger partial charge in [0.2, 0.25) is 5.88 Å². The predicted molar refractivity (Wildman–Crippen MR) is 68.0 cm³/mol. The first-order chi connectivity index (χ1) is 8.54. The molecule has 0 aliphatic rings. The summed E-state index contributed by atoms with van der Waals surface area (Å²) in [4.78, 5) is 0.160. The van der Waals surface area contributed by atoms with Gasteiger partial charge in [-0.2, -0.15) is 0 Å². The number of nitrogens with one attached hydrogen (secondary N) is 1. The maximum atomic E-state index is 12.0. The zero-order valence-corrected chi connectivity index (χ0v) is 11.1. The summed E-state index contributed by atoms with van der Waals surface area (Å²) in [7, 11) is -3.66. The highest BCUT2D eigenvalue weighted by atomic mass is 35.5. The summed E-state index contributed by atoms with van der Waals surface area (Å²) in [6.07, 6.45) is 0. The van der Waals surface area contributed by atoms with Crippen LogP contribution in [0.3, 0.4) is 0 Å². The maximum Gasteiger partial charge on any atom is 0.264 e. The molecule has 0 saturated heterocycles. The van der Waals surface area contributed by atoms with Crippen LogP contribution in [0.5, 0.6) is 0 Å². The van der Waals surface area contributed by atoms with Crippen LogP contribution in [0.4, 0.5) is 5.88 Å². The van der Waals surface area contributed by atoms with Crippen LogP contribution >= 0.6 is 11.6 Å². The van der Waals surface area contributed by atoms with E-state index < -0.39 is 10.0 Å². The Bertz CT molecular complexity index is 638. The molecule has 0 saturated carbocycles. The summed E-state index contributed by atoms with van der Waals surface area (Å²) in [5.74, 6) is 0.261. The number of halogens is 1. The first kappa shape index (κ1) is 12.9. The Morgan fingerprint density at radius 3 is 2.56 bits per heavy atom. The van der Waals surface area contributed by atoms with Crippen molar-refractivity contribution in [2.24, 2.45) is 0 Å². The van der Waals surface area contributed by atoms with E-state index in [-0.39, 0.29) is 16.7 Å². The van der Waals surface area contributed by atoms with Crippen LogP contribution in [0.1, 0.15) is 11.3 Å². The molecule has 5 nitrogen and oxygen atoms in total. The lowest BCUT2D eigenvalue weighted by Gasteiger charge is -2.05. The lowest BCUT2D eigenvalue weighted by atomic mass is 10.3. The average molecular weight is 287 g/mol. The van der Waals surface area contributed by atoms with Crippen molar-refractivity contribution in [1.82, 2.24) is 5.16 Å². The highest BCUT2D eigenvalue weighted by Crippen LogP contribution is 2.22. The van der Waals surface area contributed by atoms with Gasteiger partial charge in [0.15, 0.2) is 0 Å². The Labute approximate surface area is 110 Å². The molecule has 18 heavy (non-hydrogen) atoms. The second-order valence-electron chi connectivity index (χ2n) is 3.64. The van der Waals surface area contributed by atoms with E-state index in [4.69, 9.17) is 16.1 Å². The van der Waals surface area contributed by atoms with E-state index in [1.807, 2.05) is 0 Å².